The third kappa shape index (κ3) is 2.34. The van der Waals surface area contributed by atoms with Crippen LogP contribution in [0.25, 0.3) is 0 Å². The maximum Gasteiger partial charge on any atom is 0.337 e. The number of methoxy groups -OCH3 is 2. The van der Waals surface area contributed by atoms with Crippen LogP contribution in [0.15, 0.2) is 18.2 Å². The lowest BCUT2D eigenvalue weighted by Crippen LogP contribution is -2.04. The van der Waals surface area contributed by atoms with Crippen LogP contribution in [0.2, 0.25) is 0 Å². The first-order valence-corrected chi connectivity index (χ1v) is 4.42. The van der Waals surface area contributed by atoms with Crippen LogP contribution < -0.4 is 4.74 Å². The topological polar surface area (TPSA) is 59.4 Å². The number of carbonyl (C=O) groups excluding carboxylic acids is 1. The van der Waals surface area contributed by atoms with Crippen LogP contribution in [0, 0.1) is 5.41 Å². The van der Waals surface area contributed by atoms with E-state index in [1.54, 1.807) is 25.1 Å². The first kappa shape index (κ1) is 11.2. The SMILES string of the molecule is COC(=O)c1ccc(C(C)=N)c(OC)c1. The van der Waals surface area contributed by atoms with Crippen molar-refractivity contribution in [2.45, 2.75) is 6.92 Å². The highest BCUT2D eigenvalue weighted by Crippen LogP contribution is 2.20. The molecule has 1 aromatic carbocycles. The summed E-state index contributed by atoms with van der Waals surface area (Å²) >= 11 is 0. The van der Waals surface area contributed by atoms with Crippen molar-refractivity contribution in [1.29, 1.82) is 5.41 Å². The van der Waals surface area contributed by atoms with Gasteiger partial charge in [0, 0.05) is 11.3 Å². The minimum absolute atomic E-state index is 0.392. The Balaban J connectivity index is 3.19. The van der Waals surface area contributed by atoms with Gasteiger partial charge in [-0.1, -0.05) is 0 Å². The molecule has 1 rings (SSSR count). The van der Waals surface area contributed by atoms with Crippen LogP contribution in [0.1, 0.15) is 22.8 Å². The van der Waals surface area contributed by atoms with Gasteiger partial charge in [0.25, 0.3) is 0 Å². The predicted molar refractivity (Wildman–Crippen MR) is 56.8 cm³/mol. The number of carbonyl (C=O) groups is 1. The van der Waals surface area contributed by atoms with Crippen LogP contribution in [0.3, 0.4) is 0 Å². The number of esters is 1. The number of rotatable bonds is 3. The largest absolute Gasteiger partial charge is 0.496 e. The molecule has 0 heterocycles. The Labute approximate surface area is 88.3 Å². The molecule has 0 spiro atoms. The van der Waals surface area contributed by atoms with Gasteiger partial charge in [0.2, 0.25) is 0 Å². The van der Waals surface area contributed by atoms with Crippen molar-refractivity contribution in [2.75, 3.05) is 14.2 Å². The summed E-state index contributed by atoms with van der Waals surface area (Å²) in [4.78, 5) is 11.2. The average Bonchev–Trinajstić information content (AvgIpc) is 2.26. The molecule has 0 unspecified atom stereocenters. The fourth-order valence-corrected chi connectivity index (χ4v) is 1.25. The highest BCUT2D eigenvalue weighted by atomic mass is 16.5. The van der Waals surface area contributed by atoms with E-state index >= 15 is 0 Å². The molecule has 4 nitrogen and oxygen atoms in total. The standard InChI is InChI=1S/C11H13NO3/c1-7(12)9-5-4-8(11(13)15-3)6-10(9)14-2/h4-6,12H,1-3H3. The molecule has 80 valence electrons. The second-order valence-corrected chi connectivity index (χ2v) is 3.03. The Morgan fingerprint density at radius 3 is 2.47 bits per heavy atom. The zero-order valence-corrected chi connectivity index (χ0v) is 8.96. The molecule has 0 aliphatic carbocycles. The molecule has 0 saturated heterocycles. The van der Waals surface area contributed by atoms with Crippen LogP contribution in [-0.4, -0.2) is 25.9 Å². The lowest BCUT2D eigenvalue weighted by molar-refractivity contribution is 0.0600. The van der Waals surface area contributed by atoms with E-state index in [1.165, 1.54) is 14.2 Å². The lowest BCUT2D eigenvalue weighted by Gasteiger charge is -2.08. The molecule has 15 heavy (non-hydrogen) atoms. The summed E-state index contributed by atoms with van der Waals surface area (Å²) in [6, 6.07) is 4.86. The molecule has 0 radical (unpaired) electrons. The van der Waals surface area contributed by atoms with Gasteiger partial charge in [-0.25, -0.2) is 4.79 Å². The van der Waals surface area contributed by atoms with E-state index in [2.05, 4.69) is 4.74 Å². The van der Waals surface area contributed by atoms with Gasteiger partial charge in [-0.3, -0.25) is 0 Å². The fourth-order valence-electron chi connectivity index (χ4n) is 1.25. The molecule has 1 aromatic rings. The Bertz CT molecular complexity index is 399. The summed E-state index contributed by atoms with van der Waals surface area (Å²) in [6.07, 6.45) is 0. The van der Waals surface area contributed by atoms with Crippen LogP contribution in [0.5, 0.6) is 5.75 Å². The van der Waals surface area contributed by atoms with E-state index in [0.29, 0.717) is 22.6 Å². The zero-order chi connectivity index (χ0) is 11.4. The zero-order valence-electron chi connectivity index (χ0n) is 8.96. The van der Waals surface area contributed by atoms with Crippen molar-refractivity contribution in [1.82, 2.24) is 0 Å². The van der Waals surface area contributed by atoms with E-state index < -0.39 is 5.97 Å². The van der Waals surface area contributed by atoms with E-state index in [4.69, 9.17) is 10.1 Å². The number of nitrogens with one attached hydrogen (secondary N) is 1. The Hall–Kier alpha value is -1.84. The van der Waals surface area contributed by atoms with Gasteiger partial charge < -0.3 is 14.9 Å². The van der Waals surface area contributed by atoms with Crippen LogP contribution in [0.4, 0.5) is 0 Å². The normalized spacial score (nSPS) is 9.53. The number of benzene rings is 1. The Kier molecular flexibility index (Phi) is 3.44. The molecular formula is C11H13NO3. The first-order valence-electron chi connectivity index (χ1n) is 4.42. The average molecular weight is 207 g/mol. The van der Waals surface area contributed by atoms with Gasteiger partial charge in [-0.2, -0.15) is 0 Å². The Morgan fingerprint density at radius 1 is 1.33 bits per heavy atom. The minimum Gasteiger partial charge on any atom is -0.496 e. The van der Waals surface area contributed by atoms with Gasteiger partial charge >= 0.3 is 5.97 Å². The highest BCUT2D eigenvalue weighted by Gasteiger charge is 2.10. The van der Waals surface area contributed by atoms with Gasteiger partial charge in [-0.05, 0) is 25.1 Å². The summed E-state index contributed by atoms with van der Waals surface area (Å²) < 4.78 is 9.68. The van der Waals surface area contributed by atoms with E-state index in [-0.39, 0.29) is 0 Å². The van der Waals surface area contributed by atoms with Crippen LogP contribution >= 0.6 is 0 Å². The van der Waals surface area contributed by atoms with Crippen LogP contribution in [-0.2, 0) is 4.74 Å². The third-order valence-corrected chi connectivity index (χ3v) is 2.03. The predicted octanol–water partition coefficient (Wildman–Crippen LogP) is 1.87. The summed E-state index contributed by atoms with van der Waals surface area (Å²) in [7, 11) is 2.83. The molecule has 4 heteroatoms. The second-order valence-electron chi connectivity index (χ2n) is 3.03. The smallest absolute Gasteiger partial charge is 0.337 e. The highest BCUT2D eigenvalue weighted by molar-refractivity contribution is 6.00. The van der Waals surface area contributed by atoms with Crippen molar-refractivity contribution in [3.63, 3.8) is 0 Å². The molecule has 0 aliphatic heterocycles. The molecule has 0 aromatic heterocycles. The quantitative estimate of drug-likeness (QED) is 0.608. The van der Waals surface area contributed by atoms with Crippen molar-refractivity contribution >= 4 is 11.7 Å². The first-order chi connectivity index (χ1) is 7.10. The maximum absolute atomic E-state index is 11.2. The molecule has 0 aliphatic rings. The fraction of sp³-hybridized carbons (Fsp3) is 0.273. The number of hydrogen-bond acceptors (Lipinski definition) is 4. The molecular weight excluding hydrogens is 194 g/mol. The molecule has 0 saturated carbocycles. The third-order valence-electron chi connectivity index (χ3n) is 2.03. The number of ether oxygens (including phenoxy) is 2. The van der Waals surface area contributed by atoms with Gasteiger partial charge in [0.15, 0.2) is 0 Å². The Morgan fingerprint density at radius 2 is 2.00 bits per heavy atom. The molecule has 0 bridgehead atoms. The minimum atomic E-state index is -0.414. The van der Waals surface area contributed by atoms with Gasteiger partial charge in [-0.15, -0.1) is 0 Å². The number of hydrogen-bond donors (Lipinski definition) is 1. The summed E-state index contributed by atoms with van der Waals surface area (Å²) in [5.74, 6) is 0.0906. The monoisotopic (exact) mass is 207 g/mol. The van der Waals surface area contributed by atoms with Gasteiger partial charge in [0.05, 0.1) is 19.8 Å². The molecule has 0 fully saturated rings. The summed E-state index contributed by atoms with van der Waals surface area (Å²) in [6.45, 7) is 1.66. The molecule has 0 amide bonds. The van der Waals surface area contributed by atoms with Crippen molar-refractivity contribution in [2.24, 2.45) is 0 Å². The molecule has 0 atom stereocenters. The maximum atomic E-state index is 11.2. The summed E-state index contributed by atoms with van der Waals surface area (Å²) in [5, 5.41) is 7.51. The van der Waals surface area contributed by atoms with E-state index in [9.17, 15) is 4.79 Å². The van der Waals surface area contributed by atoms with Crippen molar-refractivity contribution in [3.05, 3.63) is 29.3 Å². The van der Waals surface area contributed by atoms with E-state index in [1.807, 2.05) is 0 Å². The van der Waals surface area contributed by atoms with E-state index in [0.717, 1.165) is 0 Å². The second kappa shape index (κ2) is 4.59. The lowest BCUT2D eigenvalue weighted by atomic mass is 10.1. The summed E-state index contributed by atoms with van der Waals surface area (Å²) in [5.41, 5.74) is 1.48. The van der Waals surface area contributed by atoms with Crippen molar-refractivity contribution < 1.29 is 14.3 Å². The van der Waals surface area contributed by atoms with Gasteiger partial charge in [0.1, 0.15) is 5.75 Å². The van der Waals surface area contributed by atoms with Crippen molar-refractivity contribution in [3.8, 4) is 5.75 Å². The molecule has 1 N–H and O–H groups in total.